The van der Waals surface area contributed by atoms with Crippen LogP contribution in [0.1, 0.15) is 25.0 Å². The lowest BCUT2D eigenvalue weighted by atomic mass is 10.1. The van der Waals surface area contributed by atoms with Crippen molar-refractivity contribution in [1.82, 2.24) is 14.8 Å². The molecular weight excluding hydrogens is 368 g/mol. The lowest BCUT2D eigenvalue weighted by molar-refractivity contribution is 0.380. The summed E-state index contributed by atoms with van der Waals surface area (Å²) in [5, 5.41) is 4.16. The molecule has 2 heterocycles. The van der Waals surface area contributed by atoms with Crippen molar-refractivity contribution in [3.05, 3.63) is 70.1 Å². The van der Waals surface area contributed by atoms with E-state index in [0.717, 1.165) is 36.9 Å². The highest BCUT2D eigenvalue weighted by Crippen LogP contribution is 2.24. The average Bonchev–Trinajstić information content (AvgIpc) is 2.71. The topological polar surface area (TPSA) is 49.6 Å². The van der Waals surface area contributed by atoms with Crippen molar-refractivity contribution in [1.29, 1.82) is 0 Å². The van der Waals surface area contributed by atoms with Crippen LogP contribution in [0, 0.1) is 5.92 Å². The first-order valence-electron chi connectivity index (χ1n) is 9.87. The average molecular weight is 399 g/mol. The lowest BCUT2D eigenvalue weighted by Crippen LogP contribution is -2.48. The van der Waals surface area contributed by atoms with Gasteiger partial charge in [-0.15, -0.1) is 0 Å². The number of hydrogen-bond acceptors (Lipinski definition) is 3. The van der Waals surface area contributed by atoms with E-state index < -0.39 is 0 Å². The molecular formula is C22H30N4OS. The predicted molar refractivity (Wildman–Crippen MR) is 119 cm³/mol. The Kier molecular flexibility index (Phi) is 7.20. The van der Waals surface area contributed by atoms with Crippen LogP contribution in [0.2, 0.25) is 0 Å². The molecule has 1 aromatic carbocycles. The normalized spacial score (nSPS) is 17.8. The number of thioether (sulfide) groups is 1. The Morgan fingerprint density at radius 3 is 2.64 bits per heavy atom. The lowest BCUT2D eigenvalue weighted by Gasteiger charge is -2.36. The van der Waals surface area contributed by atoms with Crippen molar-refractivity contribution in [2.75, 3.05) is 25.9 Å². The van der Waals surface area contributed by atoms with Crippen molar-refractivity contribution in [2.24, 2.45) is 10.9 Å². The van der Waals surface area contributed by atoms with Gasteiger partial charge in [0.25, 0.3) is 5.56 Å². The van der Waals surface area contributed by atoms with E-state index in [0.29, 0.717) is 17.7 Å². The molecule has 0 amide bonds. The number of guanidine groups is 1. The highest BCUT2D eigenvalue weighted by Gasteiger charge is 2.24. The van der Waals surface area contributed by atoms with E-state index in [-0.39, 0.29) is 5.56 Å². The van der Waals surface area contributed by atoms with Crippen molar-refractivity contribution in [3.63, 3.8) is 0 Å². The summed E-state index contributed by atoms with van der Waals surface area (Å²) in [4.78, 5) is 18.7. The highest BCUT2D eigenvalue weighted by atomic mass is 32.2. The molecule has 1 aliphatic rings. The molecule has 1 N–H and O–H groups in total. The smallest absolute Gasteiger partial charge is 0.250 e. The van der Waals surface area contributed by atoms with Crippen LogP contribution in [-0.4, -0.2) is 46.6 Å². The van der Waals surface area contributed by atoms with Gasteiger partial charge in [0.2, 0.25) is 0 Å². The maximum Gasteiger partial charge on any atom is 0.250 e. The van der Waals surface area contributed by atoms with Crippen LogP contribution in [0.4, 0.5) is 0 Å². The molecule has 6 heteroatoms. The Morgan fingerprint density at radius 1 is 1.21 bits per heavy atom. The fraction of sp³-hybridized carbons (Fsp3) is 0.455. The minimum atomic E-state index is 0.0245. The third-order valence-corrected chi connectivity index (χ3v) is 6.61. The maximum absolute atomic E-state index is 11.9. The van der Waals surface area contributed by atoms with E-state index in [1.165, 1.54) is 5.56 Å². The quantitative estimate of drug-likeness (QED) is 0.621. The standard InChI is InChI=1S/C22H30N4OS/c1-17(2)20-16-26(12-13-28-20)22(23-3)24-14-18-7-9-19(10-8-18)15-25-11-5-4-6-21(25)27/h4-11,17,20H,12-16H2,1-3H3,(H,23,24). The third kappa shape index (κ3) is 5.41. The van der Waals surface area contributed by atoms with Gasteiger partial charge in [-0.3, -0.25) is 9.79 Å². The second kappa shape index (κ2) is 9.82. The summed E-state index contributed by atoms with van der Waals surface area (Å²) in [6.45, 7) is 8.02. The summed E-state index contributed by atoms with van der Waals surface area (Å²) in [5.74, 6) is 2.80. The summed E-state index contributed by atoms with van der Waals surface area (Å²) in [7, 11) is 1.86. The van der Waals surface area contributed by atoms with Crippen molar-refractivity contribution < 1.29 is 0 Å². The Morgan fingerprint density at radius 2 is 1.96 bits per heavy atom. The zero-order valence-electron chi connectivity index (χ0n) is 17.0. The molecule has 0 aliphatic carbocycles. The number of rotatable bonds is 5. The van der Waals surface area contributed by atoms with Crippen molar-refractivity contribution >= 4 is 17.7 Å². The summed E-state index contributed by atoms with van der Waals surface area (Å²) in [6, 6.07) is 13.7. The number of pyridine rings is 1. The molecule has 0 saturated carbocycles. The molecule has 1 aliphatic heterocycles. The van der Waals surface area contributed by atoms with E-state index >= 15 is 0 Å². The number of nitrogens with one attached hydrogen (secondary N) is 1. The van der Waals surface area contributed by atoms with E-state index in [1.807, 2.05) is 19.3 Å². The molecule has 3 rings (SSSR count). The van der Waals surface area contributed by atoms with Crippen LogP contribution in [0.15, 0.2) is 58.4 Å². The fourth-order valence-electron chi connectivity index (χ4n) is 3.34. The summed E-state index contributed by atoms with van der Waals surface area (Å²) < 4.78 is 1.72. The maximum atomic E-state index is 11.9. The van der Waals surface area contributed by atoms with E-state index in [9.17, 15) is 4.79 Å². The molecule has 1 fully saturated rings. The van der Waals surface area contributed by atoms with Crippen LogP contribution in [0.3, 0.4) is 0 Å². The molecule has 1 saturated heterocycles. The highest BCUT2D eigenvalue weighted by molar-refractivity contribution is 8.00. The van der Waals surface area contributed by atoms with Gasteiger partial charge in [-0.1, -0.05) is 44.2 Å². The van der Waals surface area contributed by atoms with Gasteiger partial charge in [-0.05, 0) is 23.1 Å². The van der Waals surface area contributed by atoms with E-state index in [2.05, 4.69) is 65.1 Å². The monoisotopic (exact) mass is 398 g/mol. The minimum Gasteiger partial charge on any atom is -0.352 e. The Balaban J connectivity index is 1.56. The van der Waals surface area contributed by atoms with Crippen molar-refractivity contribution in [3.8, 4) is 0 Å². The van der Waals surface area contributed by atoms with Crippen LogP contribution < -0.4 is 10.9 Å². The molecule has 0 radical (unpaired) electrons. The van der Waals surface area contributed by atoms with E-state index in [1.54, 1.807) is 16.7 Å². The van der Waals surface area contributed by atoms with Gasteiger partial charge in [0.1, 0.15) is 0 Å². The van der Waals surface area contributed by atoms with Crippen LogP contribution >= 0.6 is 11.8 Å². The second-order valence-electron chi connectivity index (χ2n) is 7.48. The number of aliphatic imine (C=N–C) groups is 1. The van der Waals surface area contributed by atoms with Gasteiger partial charge in [-0.2, -0.15) is 11.8 Å². The minimum absolute atomic E-state index is 0.0245. The van der Waals surface area contributed by atoms with Crippen LogP contribution in [0.25, 0.3) is 0 Å². The van der Waals surface area contributed by atoms with E-state index in [4.69, 9.17) is 0 Å². The SMILES string of the molecule is CN=C(NCc1ccc(Cn2ccccc2=O)cc1)N1CCSC(C(C)C)C1. The molecule has 0 spiro atoms. The Hall–Kier alpha value is -2.21. The first kappa shape index (κ1) is 20.5. The first-order valence-corrected chi connectivity index (χ1v) is 10.9. The summed E-state index contributed by atoms with van der Waals surface area (Å²) in [6.07, 6.45) is 1.82. The number of hydrogen-bond donors (Lipinski definition) is 1. The van der Waals surface area contributed by atoms with Gasteiger partial charge < -0.3 is 14.8 Å². The second-order valence-corrected chi connectivity index (χ2v) is 8.83. The molecule has 1 atom stereocenters. The molecule has 2 aromatic rings. The van der Waals surface area contributed by atoms with Gasteiger partial charge in [-0.25, -0.2) is 0 Å². The zero-order chi connectivity index (χ0) is 19.9. The fourth-order valence-corrected chi connectivity index (χ4v) is 4.63. The van der Waals surface area contributed by atoms with Crippen LogP contribution in [0.5, 0.6) is 0 Å². The van der Waals surface area contributed by atoms with Gasteiger partial charge in [0.05, 0.1) is 6.54 Å². The van der Waals surface area contributed by atoms with Gasteiger partial charge in [0, 0.05) is 49.9 Å². The molecule has 1 aromatic heterocycles. The number of benzene rings is 1. The number of nitrogens with zero attached hydrogens (tertiary/aromatic N) is 3. The zero-order valence-corrected chi connectivity index (χ0v) is 17.8. The molecule has 5 nitrogen and oxygen atoms in total. The Bertz CT molecular complexity index is 844. The molecule has 1 unspecified atom stereocenters. The van der Waals surface area contributed by atoms with Gasteiger partial charge >= 0.3 is 0 Å². The predicted octanol–water partition coefficient (Wildman–Crippen LogP) is 3.05. The Labute approximate surface area is 171 Å². The first-order chi connectivity index (χ1) is 13.6. The summed E-state index contributed by atoms with van der Waals surface area (Å²) in [5.41, 5.74) is 2.35. The third-order valence-electron chi connectivity index (χ3n) is 5.07. The molecule has 0 bridgehead atoms. The van der Waals surface area contributed by atoms with Crippen LogP contribution in [-0.2, 0) is 13.1 Å². The van der Waals surface area contributed by atoms with Crippen molar-refractivity contribution in [2.45, 2.75) is 32.2 Å². The van der Waals surface area contributed by atoms with Gasteiger partial charge in [0.15, 0.2) is 5.96 Å². The largest absolute Gasteiger partial charge is 0.352 e. The molecule has 28 heavy (non-hydrogen) atoms. The molecule has 150 valence electrons. The summed E-state index contributed by atoms with van der Waals surface area (Å²) >= 11 is 2.07. The number of aromatic nitrogens is 1.